The zero-order valence-corrected chi connectivity index (χ0v) is 50.9. The number of aryl methyl sites for hydroxylation is 1. The van der Waals surface area contributed by atoms with Gasteiger partial charge in [-0.1, -0.05) is 56.2 Å². The summed E-state index contributed by atoms with van der Waals surface area (Å²) in [6, 6.07) is 12.7. The zero-order chi connectivity index (χ0) is 60.9. The van der Waals surface area contributed by atoms with Crippen molar-refractivity contribution in [1.82, 2.24) is 16.0 Å². The molecule has 4 aromatic rings. The van der Waals surface area contributed by atoms with E-state index in [0.717, 1.165) is 78.5 Å². The minimum absolute atomic E-state index is 0.0170. The van der Waals surface area contributed by atoms with E-state index in [1.165, 1.54) is 17.2 Å². The molecule has 466 valence electrons. The number of phenolic OH excluding ortho intramolecular Hbond substituents is 2. The van der Waals surface area contributed by atoms with Crippen molar-refractivity contribution in [2.24, 2.45) is 40.7 Å². The number of nitrogens with two attached hydrogens (primary N) is 1. The van der Waals surface area contributed by atoms with E-state index in [9.17, 15) is 40.5 Å². The summed E-state index contributed by atoms with van der Waals surface area (Å²) in [5, 5.41) is 96.2. The first kappa shape index (κ1) is 58.0. The lowest BCUT2D eigenvalue weighted by molar-refractivity contribution is -0.172. The highest BCUT2D eigenvalue weighted by Crippen LogP contribution is 2.67. The fraction of sp³-hybridized carbons (Fsp3) is 0.556. The van der Waals surface area contributed by atoms with E-state index in [1.54, 1.807) is 25.1 Å². The van der Waals surface area contributed by atoms with Crippen molar-refractivity contribution in [1.29, 1.82) is 0 Å². The number of nitrogens with one attached hydrogen (secondary N) is 3. The first-order valence-electron chi connectivity index (χ1n) is 33.0. The van der Waals surface area contributed by atoms with Crippen molar-refractivity contribution >= 4 is 16.9 Å². The number of carbonyl (C=O) groups is 1. The van der Waals surface area contributed by atoms with Crippen molar-refractivity contribution in [2.45, 2.75) is 195 Å². The predicted octanol–water partition coefficient (Wildman–Crippen LogP) is 9.09. The van der Waals surface area contributed by atoms with Crippen LogP contribution in [0.5, 0.6) is 17.2 Å². The van der Waals surface area contributed by atoms with Crippen LogP contribution in [0.4, 0.5) is 0 Å². The van der Waals surface area contributed by atoms with Gasteiger partial charge in [-0.25, -0.2) is 4.79 Å². The lowest BCUT2D eigenvalue weighted by Gasteiger charge is -2.56. The maximum absolute atomic E-state index is 16.1. The van der Waals surface area contributed by atoms with Gasteiger partial charge in [0.25, 0.3) is 0 Å². The Balaban J connectivity index is 0.888. The van der Waals surface area contributed by atoms with E-state index in [-0.39, 0.29) is 93.9 Å². The Bertz CT molecular complexity index is 3790. The number of benzene rings is 3. The van der Waals surface area contributed by atoms with Crippen LogP contribution in [0.3, 0.4) is 0 Å². The van der Waals surface area contributed by atoms with Gasteiger partial charge in [0.1, 0.15) is 58.1 Å². The summed E-state index contributed by atoms with van der Waals surface area (Å²) in [4.78, 5) is 30.9. The number of fused-ring (bicyclic) bond motifs is 13. The van der Waals surface area contributed by atoms with E-state index >= 15 is 4.79 Å². The molecule has 12 N–H and O–H groups in total. The van der Waals surface area contributed by atoms with Gasteiger partial charge in [-0.05, 0) is 214 Å². The molecule has 1 spiro atoms. The van der Waals surface area contributed by atoms with Crippen molar-refractivity contribution < 1.29 is 54.4 Å². The summed E-state index contributed by atoms with van der Waals surface area (Å²) < 4.78 is 21.8. The van der Waals surface area contributed by atoms with Gasteiger partial charge < -0.3 is 66.0 Å². The minimum atomic E-state index is -1.62. The highest BCUT2D eigenvalue weighted by molar-refractivity contribution is 5.93. The van der Waals surface area contributed by atoms with Crippen LogP contribution in [0.25, 0.3) is 11.0 Å². The number of phenols is 2. The molecule has 5 heterocycles. The topological polar surface area (TPSA) is 269 Å². The highest BCUT2D eigenvalue weighted by Gasteiger charge is 2.62. The van der Waals surface area contributed by atoms with Gasteiger partial charge in [0, 0.05) is 59.5 Å². The molecule has 16 unspecified atom stereocenters. The molecule has 11 aliphatic rings. The molecule has 15 rings (SSSR count). The Kier molecular flexibility index (Phi) is 14.1. The van der Waals surface area contributed by atoms with Crippen LogP contribution < -0.4 is 31.8 Å². The number of carbonyl (C=O) groups excluding carboxylic acids is 1. The maximum Gasteiger partial charge on any atom is 0.337 e. The molecule has 1 aromatic heterocycles. The van der Waals surface area contributed by atoms with Crippen molar-refractivity contribution in [2.75, 3.05) is 19.7 Å². The summed E-state index contributed by atoms with van der Waals surface area (Å²) >= 11 is 0. The van der Waals surface area contributed by atoms with Gasteiger partial charge in [0.2, 0.25) is 0 Å². The average Bonchev–Trinajstić information content (AvgIpc) is 0.963. The standard InChI is InChI=1S/C72H86N4O12/c1-4-53(72(85)31-38-23-42(72)24-39-30-70(66(82)49-11-8-10-45(38)58(39)49)21-18-41-9-6-7-20-71(41,84)35-70)68(83)87-56-29-51-63(81)61-55(80)28-44(33-77)86-65(61)62-59-48-19-22-75-67(73)60(48)47(17-13-36-12-15-43(79)27-50(36)52(59)34-78)46-16-14-37-26-57(74-5-2)76-32-40(37)25-54(46)69(56,3)88-64(51)62/h4,8,10-12,15,19,26-28,32,38-39,41-42,46-47,52,54,56-57,59,66,74-79,81-82,84-85H,5-7,9,13-14,16-18,20-25,29-31,33-35,73H2,1-3H3. The third kappa shape index (κ3) is 8.71. The average molecular weight is 1200 g/mol. The van der Waals surface area contributed by atoms with E-state index in [2.05, 4.69) is 53.4 Å². The Labute approximate surface area is 513 Å². The number of hydrogen-bond acceptors (Lipinski definition) is 16. The normalized spacial score (nSPS) is 36.9. The van der Waals surface area contributed by atoms with Crippen LogP contribution in [0.2, 0.25) is 0 Å². The molecule has 4 saturated carbocycles. The lowest BCUT2D eigenvalue weighted by atomic mass is 9.51. The molecule has 16 heteroatoms. The molecule has 16 nitrogen and oxygen atoms in total. The number of dihydropyridines is 2. The number of ether oxygens (including phenoxy) is 2. The second-order valence-corrected chi connectivity index (χ2v) is 28.6. The van der Waals surface area contributed by atoms with Gasteiger partial charge in [-0.15, -0.1) is 0 Å². The van der Waals surface area contributed by atoms with Gasteiger partial charge in [-0.3, -0.25) is 10.1 Å². The minimum Gasteiger partial charge on any atom is -0.508 e. The first-order chi connectivity index (χ1) is 42.4. The number of aliphatic hydroxyl groups excluding tert-OH is 3. The largest absolute Gasteiger partial charge is 0.508 e. The quantitative estimate of drug-likeness (QED) is 0.0608. The zero-order valence-electron chi connectivity index (χ0n) is 50.9. The smallest absolute Gasteiger partial charge is 0.337 e. The third-order valence-corrected chi connectivity index (χ3v) is 24.4. The molecular weight excluding hydrogens is 1110 g/mol. The lowest BCUT2D eigenvalue weighted by Crippen LogP contribution is -2.59. The van der Waals surface area contributed by atoms with E-state index in [4.69, 9.17) is 19.6 Å². The van der Waals surface area contributed by atoms with Crippen molar-refractivity contribution in [3.63, 3.8) is 0 Å². The fourth-order valence-electron chi connectivity index (χ4n) is 20.6. The van der Waals surface area contributed by atoms with Crippen LogP contribution in [0.15, 0.2) is 110 Å². The Morgan fingerprint density at radius 2 is 1.76 bits per heavy atom. The van der Waals surface area contributed by atoms with Crippen molar-refractivity contribution in [3.8, 4) is 17.2 Å². The SMILES string of the molecule is CC=C(C(=O)OC1Cc2c3c(c4oc(CO)cc(=O)c4c2O)C2C4=CCNC(N)=C4C(CCc4ccc(O)cc4C2CO)C2CCC4=CC(NCC)NC=C4CC2C1(C)O3)C1(O)CC2CC1CC1CC3(CCC4CCCCC4(O)C3)C(O)c3cccc2c31. The Hall–Kier alpha value is -6.40. The van der Waals surface area contributed by atoms with E-state index in [0.29, 0.717) is 81.3 Å². The number of allylic oxidation sites excluding steroid dienone is 5. The molecular formula is C72H86N4O12. The summed E-state index contributed by atoms with van der Waals surface area (Å²) in [5.41, 5.74) is 11.9. The van der Waals surface area contributed by atoms with Gasteiger partial charge in [0.05, 0.1) is 35.7 Å². The van der Waals surface area contributed by atoms with Gasteiger partial charge in [-0.2, -0.15) is 0 Å². The second-order valence-electron chi connectivity index (χ2n) is 28.6. The van der Waals surface area contributed by atoms with Gasteiger partial charge in [0.15, 0.2) is 5.43 Å². The number of likely N-dealkylation sites (N-methyl/N-ethyl adjacent to an activating group) is 1. The number of aromatic hydroxyl groups is 2. The fourth-order valence-corrected chi connectivity index (χ4v) is 20.6. The first-order valence-corrected chi connectivity index (χ1v) is 33.0. The molecule has 88 heavy (non-hydrogen) atoms. The molecule has 6 bridgehead atoms. The summed E-state index contributed by atoms with van der Waals surface area (Å²) in [7, 11) is 0. The Morgan fingerprint density at radius 3 is 2.57 bits per heavy atom. The van der Waals surface area contributed by atoms with E-state index in [1.807, 2.05) is 19.1 Å². The molecule has 0 radical (unpaired) electrons. The van der Waals surface area contributed by atoms with Crippen molar-refractivity contribution in [3.05, 3.63) is 156 Å². The number of rotatable bonds is 7. The predicted molar refractivity (Wildman–Crippen MR) is 331 cm³/mol. The van der Waals surface area contributed by atoms with Crippen LogP contribution in [0, 0.1) is 35.0 Å². The molecule has 0 amide bonds. The molecule has 16 atom stereocenters. The molecule has 7 aliphatic carbocycles. The summed E-state index contributed by atoms with van der Waals surface area (Å²) in [5.74, 6) is -3.33. The number of hydrogen-bond donors (Lipinski definition) is 11. The van der Waals surface area contributed by atoms with Crippen LogP contribution in [-0.2, 0) is 29.0 Å². The summed E-state index contributed by atoms with van der Waals surface area (Å²) in [6.07, 6.45) is 17.4. The molecule has 4 fully saturated rings. The van der Waals surface area contributed by atoms with E-state index < -0.39 is 82.5 Å². The second kappa shape index (κ2) is 21.4. The molecule has 3 aromatic carbocycles. The maximum atomic E-state index is 16.1. The van der Waals surface area contributed by atoms with Crippen LogP contribution in [-0.4, -0.2) is 90.5 Å². The van der Waals surface area contributed by atoms with Gasteiger partial charge >= 0.3 is 5.97 Å². The third-order valence-electron chi connectivity index (χ3n) is 24.4. The van der Waals surface area contributed by atoms with Crippen LogP contribution >= 0.6 is 0 Å². The van der Waals surface area contributed by atoms with Crippen LogP contribution in [0.1, 0.15) is 192 Å². The highest BCUT2D eigenvalue weighted by atomic mass is 16.6. The number of esters is 1. The Morgan fingerprint density at radius 1 is 0.932 bits per heavy atom. The summed E-state index contributed by atoms with van der Waals surface area (Å²) in [6.45, 7) is 5.92. The number of aliphatic hydroxyl groups is 5. The molecule has 4 aliphatic heterocycles. The molecule has 0 saturated heterocycles. The monoisotopic (exact) mass is 1200 g/mol.